The van der Waals surface area contributed by atoms with E-state index in [0.717, 1.165) is 33.0 Å². The molecule has 1 aliphatic rings. The zero-order chi connectivity index (χ0) is 17.2. The smallest absolute Gasteiger partial charge is 0.227 e. The fourth-order valence-electron chi connectivity index (χ4n) is 2.89. The van der Waals surface area contributed by atoms with Gasteiger partial charge in [-0.05, 0) is 13.0 Å². The first-order valence-electron chi connectivity index (χ1n) is 8.18. The molecule has 3 aromatic carbocycles. The summed E-state index contributed by atoms with van der Waals surface area (Å²) in [7, 11) is 0. The lowest BCUT2D eigenvalue weighted by molar-refractivity contribution is 1.03. The predicted octanol–water partition coefficient (Wildman–Crippen LogP) is 5.11. The fourth-order valence-corrected chi connectivity index (χ4v) is 3.27. The predicted molar refractivity (Wildman–Crippen MR) is 107 cm³/mol. The molecule has 0 atom stereocenters. The van der Waals surface area contributed by atoms with Gasteiger partial charge in [-0.1, -0.05) is 78.4 Å². The number of rotatable bonds is 3. The van der Waals surface area contributed by atoms with Crippen LogP contribution in [0, 0.1) is 13.1 Å². The Morgan fingerprint density at radius 2 is 1.20 bits per heavy atom. The number of aliphatic imine (C=N–C) groups is 2. The van der Waals surface area contributed by atoms with Crippen LogP contribution in [-0.2, 0) is 0 Å². The van der Waals surface area contributed by atoms with Gasteiger partial charge in [0.15, 0.2) is 0 Å². The molecule has 0 unspecified atom stereocenters. The average molecular weight is 341 g/mol. The molecule has 3 aromatic rings. The molecule has 0 fully saturated rings. The Hall–Kier alpha value is -2.65. The van der Waals surface area contributed by atoms with Gasteiger partial charge in [0.1, 0.15) is 0 Å². The molecule has 4 rings (SSSR count). The van der Waals surface area contributed by atoms with Crippen LogP contribution in [0.15, 0.2) is 93.7 Å². The van der Waals surface area contributed by atoms with Crippen molar-refractivity contribution in [3.05, 3.63) is 107 Å². The Morgan fingerprint density at radius 3 is 1.68 bits per heavy atom. The molecule has 25 heavy (non-hydrogen) atoms. The largest absolute Gasteiger partial charge is 0.243 e. The highest BCUT2D eigenvalue weighted by molar-refractivity contribution is 7.80. The van der Waals surface area contributed by atoms with Crippen LogP contribution in [0.2, 0.25) is 0 Å². The molecule has 1 radical (unpaired) electrons. The number of thiol groups is 1. The number of nitrogens with zero attached hydrogens (tertiary/aromatic N) is 2. The van der Waals surface area contributed by atoms with E-state index in [-0.39, 0.29) is 0 Å². The van der Waals surface area contributed by atoms with Crippen molar-refractivity contribution in [1.82, 2.24) is 0 Å². The molecule has 3 heteroatoms. The first-order chi connectivity index (χ1) is 12.2. The van der Waals surface area contributed by atoms with E-state index in [0.29, 0.717) is 6.17 Å². The minimum atomic E-state index is 0.711. The first kappa shape index (κ1) is 15.9. The van der Waals surface area contributed by atoms with Crippen molar-refractivity contribution < 1.29 is 0 Å². The Kier molecular flexibility index (Phi) is 4.24. The van der Waals surface area contributed by atoms with E-state index in [1.807, 2.05) is 48.5 Å². The van der Waals surface area contributed by atoms with Crippen LogP contribution >= 0.6 is 12.6 Å². The topological polar surface area (TPSA) is 24.7 Å². The molecule has 0 bridgehead atoms. The molecule has 0 aliphatic carbocycles. The van der Waals surface area contributed by atoms with Gasteiger partial charge < -0.3 is 0 Å². The van der Waals surface area contributed by atoms with Crippen molar-refractivity contribution >= 4 is 24.1 Å². The van der Waals surface area contributed by atoms with Gasteiger partial charge in [0.25, 0.3) is 0 Å². The lowest BCUT2D eigenvalue weighted by Gasteiger charge is -2.07. The monoisotopic (exact) mass is 341 g/mol. The zero-order valence-electron chi connectivity index (χ0n) is 13.8. The van der Waals surface area contributed by atoms with Gasteiger partial charge in [-0.15, -0.1) is 12.6 Å². The third kappa shape index (κ3) is 3.15. The first-order valence-corrected chi connectivity index (χ1v) is 8.62. The molecule has 0 saturated carbocycles. The molecule has 0 saturated heterocycles. The van der Waals surface area contributed by atoms with Crippen LogP contribution < -0.4 is 0 Å². The van der Waals surface area contributed by atoms with Gasteiger partial charge in [-0.25, -0.2) is 9.98 Å². The third-order valence-corrected chi connectivity index (χ3v) is 4.52. The normalized spacial score (nSPS) is 14.3. The molecule has 0 N–H and O–H groups in total. The van der Waals surface area contributed by atoms with Crippen LogP contribution in [0.1, 0.15) is 22.3 Å². The standard InChI is InChI=1S/C22H17N2S/c1-15-12-13-18(19(25)14-15)22-23-20(16-8-4-2-5-9-16)21(24-22)17-10-6-3-7-11-17/h2-14,25H,1H3. The Labute approximate surface area is 153 Å². The van der Waals surface area contributed by atoms with Crippen molar-refractivity contribution in [2.24, 2.45) is 9.98 Å². The number of benzene rings is 3. The molecule has 1 aliphatic heterocycles. The van der Waals surface area contributed by atoms with Crippen LogP contribution in [-0.4, -0.2) is 11.4 Å². The highest BCUT2D eigenvalue weighted by Crippen LogP contribution is 2.31. The number of hydrogen-bond acceptors (Lipinski definition) is 3. The van der Waals surface area contributed by atoms with E-state index in [9.17, 15) is 0 Å². The summed E-state index contributed by atoms with van der Waals surface area (Å²) < 4.78 is 0. The zero-order valence-corrected chi connectivity index (χ0v) is 14.7. The molecule has 0 amide bonds. The second-order valence-electron chi connectivity index (χ2n) is 6.00. The van der Waals surface area contributed by atoms with E-state index in [1.165, 1.54) is 5.56 Å². The quantitative estimate of drug-likeness (QED) is 0.640. The Balaban J connectivity index is 1.84. The Morgan fingerprint density at radius 1 is 0.680 bits per heavy atom. The summed E-state index contributed by atoms with van der Waals surface area (Å²) in [6, 6.07) is 26.5. The van der Waals surface area contributed by atoms with Crippen molar-refractivity contribution in [3.63, 3.8) is 0 Å². The van der Waals surface area contributed by atoms with Crippen LogP contribution in [0.5, 0.6) is 0 Å². The third-order valence-electron chi connectivity index (χ3n) is 4.15. The highest BCUT2D eigenvalue weighted by Gasteiger charge is 2.26. The number of aryl methyl sites for hydroxylation is 1. The molecule has 0 spiro atoms. The summed E-state index contributed by atoms with van der Waals surface area (Å²) in [5.41, 5.74) is 6.05. The summed E-state index contributed by atoms with van der Waals surface area (Å²) in [5, 5.41) is 0. The minimum absolute atomic E-state index is 0.711. The van der Waals surface area contributed by atoms with Gasteiger partial charge in [0.2, 0.25) is 6.17 Å². The van der Waals surface area contributed by atoms with Gasteiger partial charge in [0, 0.05) is 21.6 Å². The Bertz CT molecular complexity index is 904. The van der Waals surface area contributed by atoms with Crippen LogP contribution in [0.3, 0.4) is 0 Å². The van der Waals surface area contributed by atoms with Gasteiger partial charge in [0.05, 0.1) is 11.4 Å². The van der Waals surface area contributed by atoms with Crippen molar-refractivity contribution in [2.45, 2.75) is 11.8 Å². The summed E-state index contributed by atoms with van der Waals surface area (Å²) in [6.07, 6.45) is 0.711. The maximum atomic E-state index is 4.86. The van der Waals surface area contributed by atoms with Gasteiger partial charge in [-0.3, -0.25) is 0 Å². The van der Waals surface area contributed by atoms with Crippen molar-refractivity contribution in [1.29, 1.82) is 0 Å². The highest BCUT2D eigenvalue weighted by atomic mass is 32.1. The van der Waals surface area contributed by atoms with Gasteiger partial charge >= 0.3 is 0 Å². The van der Waals surface area contributed by atoms with Crippen LogP contribution in [0.4, 0.5) is 0 Å². The van der Waals surface area contributed by atoms with E-state index in [2.05, 4.69) is 49.9 Å². The van der Waals surface area contributed by atoms with Crippen molar-refractivity contribution in [2.75, 3.05) is 0 Å². The molecule has 121 valence electrons. The van der Waals surface area contributed by atoms with E-state index in [1.54, 1.807) is 0 Å². The molecule has 2 nitrogen and oxygen atoms in total. The average Bonchev–Trinajstić information content (AvgIpc) is 3.08. The summed E-state index contributed by atoms with van der Waals surface area (Å²) in [6.45, 7) is 2.06. The van der Waals surface area contributed by atoms with Crippen molar-refractivity contribution in [3.8, 4) is 0 Å². The maximum Gasteiger partial charge on any atom is 0.227 e. The van der Waals surface area contributed by atoms with E-state index < -0.39 is 0 Å². The molecular weight excluding hydrogens is 324 g/mol. The van der Waals surface area contributed by atoms with Gasteiger partial charge in [-0.2, -0.15) is 0 Å². The van der Waals surface area contributed by atoms with E-state index >= 15 is 0 Å². The molecule has 1 heterocycles. The summed E-state index contributed by atoms with van der Waals surface area (Å²) in [5.74, 6) is 0. The minimum Gasteiger partial charge on any atom is -0.243 e. The lowest BCUT2D eigenvalue weighted by Crippen LogP contribution is -2.13. The van der Waals surface area contributed by atoms with E-state index in [4.69, 9.17) is 9.98 Å². The summed E-state index contributed by atoms with van der Waals surface area (Å²) >= 11 is 4.62. The number of hydrogen-bond donors (Lipinski definition) is 1. The maximum absolute atomic E-state index is 4.86. The second kappa shape index (κ2) is 6.69. The molecular formula is C22H17N2S. The molecule has 0 aromatic heterocycles. The lowest BCUT2D eigenvalue weighted by atomic mass is 10.0. The fraction of sp³-hybridized carbons (Fsp3) is 0.0455. The summed E-state index contributed by atoms with van der Waals surface area (Å²) in [4.78, 5) is 10.6. The van der Waals surface area contributed by atoms with Crippen LogP contribution in [0.25, 0.3) is 0 Å². The second-order valence-corrected chi connectivity index (χ2v) is 6.48. The SMILES string of the molecule is Cc1ccc([C]2N=C(c3ccccc3)C(c3ccccc3)=N2)c(S)c1.